The molecule has 0 saturated heterocycles. The third-order valence-electron chi connectivity index (χ3n) is 5.44. The molecule has 1 spiro atoms. The Labute approximate surface area is 127 Å². The van der Waals surface area contributed by atoms with Crippen molar-refractivity contribution in [2.75, 3.05) is 11.9 Å². The molecule has 1 aromatic carbocycles. The number of halogens is 1. The van der Waals surface area contributed by atoms with Gasteiger partial charge in [0.15, 0.2) is 0 Å². The first-order valence-electron chi connectivity index (χ1n) is 8.30. The van der Waals surface area contributed by atoms with Gasteiger partial charge in [0, 0.05) is 23.8 Å². The van der Waals surface area contributed by atoms with Crippen molar-refractivity contribution < 1.29 is 9.13 Å². The maximum atomic E-state index is 13.4. The maximum Gasteiger partial charge on any atom is 0.126 e. The molecule has 1 aromatic rings. The van der Waals surface area contributed by atoms with Gasteiger partial charge in [0.05, 0.1) is 6.10 Å². The molecule has 0 radical (unpaired) electrons. The summed E-state index contributed by atoms with van der Waals surface area (Å²) < 4.78 is 19.4. The van der Waals surface area contributed by atoms with E-state index in [1.165, 1.54) is 32.1 Å². The first kappa shape index (κ1) is 14.8. The third-order valence-corrected chi connectivity index (χ3v) is 5.44. The van der Waals surface area contributed by atoms with Gasteiger partial charge in [-0.05, 0) is 56.9 Å². The van der Waals surface area contributed by atoms with E-state index < -0.39 is 0 Å². The van der Waals surface area contributed by atoms with Gasteiger partial charge in [-0.15, -0.1) is 0 Å². The Morgan fingerprint density at radius 1 is 1.29 bits per heavy atom. The Morgan fingerprint density at radius 3 is 2.71 bits per heavy atom. The summed E-state index contributed by atoms with van der Waals surface area (Å²) in [4.78, 5) is 0. The van der Waals surface area contributed by atoms with Crippen LogP contribution in [0.3, 0.4) is 0 Å². The van der Waals surface area contributed by atoms with Gasteiger partial charge < -0.3 is 10.1 Å². The fourth-order valence-corrected chi connectivity index (χ4v) is 4.20. The van der Waals surface area contributed by atoms with Gasteiger partial charge in [-0.2, -0.15) is 0 Å². The van der Waals surface area contributed by atoms with Gasteiger partial charge in [0.2, 0.25) is 0 Å². The monoisotopic (exact) mass is 291 g/mol. The summed E-state index contributed by atoms with van der Waals surface area (Å²) in [7, 11) is 0. The van der Waals surface area contributed by atoms with E-state index in [9.17, 15) is 4.39 Å². The molecule has 21 heavy (non-hydrogen) atoms. The van der Waals surface area contributed by atoms with Crippen LogP contribution in [-0.2, 0) is 4.74 Å². The predicted octanol–water partition coefficient (Wildman–Crippen LogP) is 4.67. The summed E-state index contributed by atoms with van der Waals surface area (Å²) in [5.74, 6) is -0.131. The van der Waals surface area contributed by atoms with E-state index in [2.05, 4.69) is 12.2 Å². The molecule has 0 amide bonds. The molecule has 2 atom stereocenters. The molecular weight excluding hydrogens is 265 g/mol. The van der Waals surface area contributed by atoms with E-state index in [4.69, 9.17) is 4.74 Å². The summed E-state index contributed by atoms with van der Waals surface area (Å²) in [6.07, 6.45) is 7.97. The molecule has 2 unspecified atom stereocenters. The standard InChI is InChI=1S/C18H26FNO/c1-3-21-17-12-16(18(17)9-5-4-6-10-18)20-14-7-8-15(19)13(2)11-14/h7-8,11,16-17,20H,3-6,9-10,12H2,1-2H3. The van der Waals surface area contributed by atoms with Crippen LogP contribution in [-0.4, -0.2) is 18.8 Å². The molecule has 2 saturated carbocycles. The van der Waals surface area contributed by atoms with Crippen LogP contribution in [0.15, 0.2) is 18.2 Å². The molecule has 0 aliphatic heterocycles. The van der Waals surface area contributed by atoms with E-state index >= 15 is 0 Å². The van der Waals surface area contributed by atoms with Crippen LogP contribution in [0.5, 0.6) is 0 Å². The Balaban J connectivity index is 1.73. The molecule has 2 aliphatic carbocycles. The van der Waals surface area contributed by atoms with E-state index in [0.29, 0.717) is 23.1 Å². The van der Waals surface area contributed by atoms with Crippen molar-refractivity contribution in [3.05, 3.63) is 29.6 Å². The fourth-order valence-electron chi connectivity index (χ4n) is 4.20. The Hall–Kier alpha value is -1.09. The predicted molar refractivity (Wildman–Crippen MR) is 84.1 cm³/mol. The van der Waals surface area contributed by atoms with Gasteiger partial charge in [0.1, 0.15) is 5.82 Å². The zero-order valence-corrected chi connectivity index (χ0v) is 13.1. The lowest BCUT2D eigenvalue weighted by Gasteiger charge is -2.58. The molecule has 2 fully saturated rings. The van der Waals surface area contributed by atoms with Crippen molar-refractivity contribution in [2.24, 2.45) is 5.41 Å². The lowest BCUT2D eigenvalue weighted by atomic mass is 9.55. The van der Waals surface area contributed by atoms with Gasteiger partial charge in [-0.25, -0.2) is 4.39 Å². The number of rotatable bonds is 4. The number of anilines is 1. The van der Waals surface area contributed by atoms with Crippen LogP contribution in [0, 0.1) is 18.2 Å². The molecule has 0 bridgehead atoms. The second-order valence-corrected chi connectivity index (χ2v) is 6.63. The molecule has 1 N–H and O–H groups in total. The van der Waals surface area contributed by atoms with Crippen molar-refractivity contribution >= 4 is 5.69 Å². The zero-order chi connectivity index (χ0) is 14.9. The SMILES string of the molecule is CCOC1CC(Nc2ccc(F)c(C)c2)C12CCCCC2. The summed E-state index contributed by atoms with van der Waals surface area (Å²) in [6.45, 7) is 4.70. The minimum atomic E-state index is -0.131. The Kier molecular flexibility index (Phi) is 4.21. The number of nitrogens with one attached hydrogen (secondary N) is 1. The Bertz CT molecular complexity index is 496. The largest absolute Gasteiger partial charge is 0.382 e. The minimum absolute atomic E-state index is 0.131. The van der Waals surface area contributed by atoms with Gasteiger partial charge in [0.25, 0.3) is 0 Å². The maximum absolute atomic E-state index is 13.4. The lowest BCUT2D eigenvalue weighted by Crippen LogP contribution is -2.62. The van der Waals surface area contributed by atoms with Crippen molar-refractivity contribution in [1.82, 2.24) is 0 Å². The van der Waals surface area contributed by atoms with E-state index in [1.807, 2.05) is 19.1 Å². The highest BCUT2D eigenvalue weighted by molar-refractivity contribution is 5.48. The molecule has 116 valence electrons. The molecule has 3 heteroatoms. The second kappa shape index (κ2) is 5.96. The molecule has 2 aliphatic rings. The number of ether oxygens (including phenoxy) is 1. The van der Waals surface area contributed by atoms with Crippen LogP contribution in [0.4, 0.5) is 10.1 Å². The number of aryl methyl sites for hydroxylation is 1. The van der Waals surface area contributed by atoms with Gasteiger partial charge >= 0.3 is 0 Å². The van der Waals surface area contributed by atoms with E-state index in [0.717, 1.165) is 18.7 Å². The summed E-state index contributed by atoms with van der Waals surface area (Å²) in [5.41, 5.74) is 2.05. The average molecular weight is 291 g/mol. The highest BCUT2D eigenvalue weighted by atomic mass is 19.1. The lowest BCUT2D eigenvalue weighted by molar-refractivity contribution is -0.134. The summed E-state index contributed by atoms with van der Waals surface area (Å²) in [5, 5.41) is 3.65. The van der Waals surface area contributed by atoms with Crippen LogP contribution in [0.25, 0.3) is 0 Å². The van der Waals surface area contributed by atoms with Crippen LogP contribution < -0.4 is 5.32 Å². The number of benzene rings is 1. The van der Waals surface area contributed by atoms with Crippen molar-refractivity contribution in [3.63, 3.8) is 0 Å². The molecule has 2 nitrogen and oxygen atoms in total. The number of hydrogen-bond acceptors (Lipinski definition) is 2. The quantitative estimate of drug-likeness (QED) is 0.870. The van der Waals surface area contributed by atoms with Gasteiger partial charge in [-0.3, -0.25) is 0 Å². The zero-order valence-electron chi connectivity index (χ0n) is 13.1. The van der Waals surface area contributed by atoms with Crippen molar-refractivity contribution in [2.45, 2.75) is 64.5 Å². The molecule has 0 aromatic heterocycles. The minimum Gasteiger partial charge on any atom is -0.382 e. The van der Waals surface area contributed by atoms with Gasteiger partial charge in [-0.1, -0.05) is 19.3 Å². The third kappa shape index (κ3) is 2.68. The molecular formula is C18H26FNO. The Morgan fingerprint density at radius 2 is 2.05 bits per heavy atom. The summed E-state index contributed by atoms with van der Waals surface area (Å²) in [6, 6.07) is 5.80. The fraction of sp³-hybridized carbons (Fsp3) is 0.667. The highest BCUT2D eigenvalue weighted by Gasteiger charge is 2.55. The summed E-state index contributed by atoms with van der Waals surface area (Å²) >= 11 is 0. The van der Waals surface area contributed by atoms with Crippen molar-refractivity contribution in [1.29, 1.82) is 0 Å². The normalized spacial score (nSPS) is 27.4. The average Bonchev–Trinajstić information content (AvgIpc) is 2.50. The smallest absolute Gasteiger partial charge is 0.126 e. The topological polar surface area (TPSA) is 21.3 Å². The highest BCUT2D eigenvalue weighted by Crippen LogP contribution is 2.54. The van der Waals surface area contributed by atoms with Crippen LogP contribution in [0.1, 0.15) is 51.0 Å². The van der Waals surface area contributed by atoms with E-state index in [-0.39, 0.29) is 5.82 Å². The first-order chi connectivity index (χ1) is 10.2. The molecule has 3 rings (SSSR count). The first-order valence-corrected chi connectivity index (χ1v) is 8.30. The van der Waals surface area contributed by atoms with Crippen molar-refractivity contribution in [3.8, 4) is 0 Å². The van der Waals surface area contributed by atoms with E-state index in [1.54, 1.807) is 6.07 Å². The second-order valence-electron chi connectivity index (χ2n) is 6.63. The molecule has 0 heterocycles. The number of hydrogen-bond donors (Lipinski definition) is 1. The van der Waals surface area contributed by atoms with Crippen LogP contribution in [0.2, 0.25) is 0 Å². The van der Waals surface area contributed by atoms with Crippen LogP contribution >= 0.6 is 0 Å².